The Morgan fingerprint density at radius 3 is 2.65 bits per heavy atom. The molecule has 0 spiro atoms. The van der Waals surface area contributed by atoms with Crippen LogP contribution < -0.4 is 0 Å². The Kier molecular flexibility index (Phi) is 4.30. The maximum atomic E-state index is 12.9. The van der Waals surface area contributed by atoms with E-state index in [0.717, 1.165) is 22.6 Å². The van der Waals surface area contributed by atoms with Crippen LogP contribution in [0.25, 0.3) is 16.9 Å². The molecule has 1 aliphatic rings. The lowest BCUT2D eigenvalue weighted by atomic mass is 10.2. The van der Waals surface area contributed by atoms with E-state index in [1.54, 1.807) is 15.8 Å². The fraction of sp³-hybridized carbons (Fsp3) is 0.316. The molecule has 0 radical (unpaired) electrons. The van der Waals surface area contributed by atoms with Crippen LogP contribution >= 0.6 is 0 Å². The van der Waals surface area contributed by atoms with Crippen molar-refractivity contribution in [2.75, 3.05) is 26.3 Å². The van der Waals surface area contributed by atoms with Gasteiger partial charge in [-0.05, 0) is 31.2 Å². The molecule has 1 fully saturated rings. The molecule has 1 aliphatic heterocycles. The minimum Gasteiger partial charge on any atom is -0.378 e. The molecular weight excluding hydrogens is 330 g/mol. The normalized spacial score (nSPS) is 14.6. The van der Waals surface area contributed by atoms with E-state index in [9.17, 15) is 4.79 Å². The van der Waals surface area contributed by atoms with Crippen molar-refractivity contribution < 1.29 is 9.53 Å². The second-order valence-electron chi connectivity index (χ2n) is 6.45. The first kappa shape index (κ1) is 16.5. The topological polar surface area (TPSA) is 65.2 Å². The number of nitrogens with zero attached hydrogens (tertiary/aromatic N) is 5. The number of morpholine rings is 1. The quantitative estimate of drug-likeness (QED) is 0.724. The fourth-order valence-corrected chi connectivity index (χ4v) is 3.06. The van der Waals surface area contributed by atoms with Crippen LogP contribution in [0, 0.1) is 6.92 Å². The molecule has 3 aromatic rings. The zero-order chi connectivity index (χ0) is 18.1. The molecule has 0 atom stereocenters. The van der Waals surface area contributed by atoms with Crippen LogP contribution in [0.4, 0.5) is 0 Å². The third kappa shape index (κ3) is 3.13. The molecule has 0 aromatic carbocycles. The first-order chi connectivity index (χ1) is 12.6. The average Bonchev–Trinajstić information content (AvgIpc) is 3.29. The Morgan fingerprint density at radius 1 is 1.19 bits per heavy atom. The summed E-state index contributed by atoms with van der Waals surface area (Å²) < 4.78 is 9.10. The van der Waals surface area contributed by atoms with Crippen molar-refractivity contribution >= 4 is 5.91 Å². The summed E-state index contributed by atoms with van der Waals surface area (Å²) in [6, 6.07) is 7.77. The van der Waals surface area contributed by atoms with Gasteiger partial charge in [0.25, 0.3) is 5.91 Å². The molecule has 0 N–H and O–H groups in total. The van der Waals surface area contributed by atoms with Crippen molar-refractivity contribution in [3.63, 3.8) is 0 Å². The molecule has 7 nitrogen and oxygen atoms in total. The first-order valence-electron chi connectivity index (χ1n) is 8.64. The molecule has 7 heteroatoms. The van der Waals surface area contributed by atoms with Crippen LogP contribution in [0.2, 0.25) is 0 Å². The molecule has 3 aromatic heterocycles. The molecular formula is C19H21N5O2. The Labute approximate surface area is 151 Å². The summed E-state index contributed by atoms with van der Waals surface area (Å²) in [5.74, 6) is -0.0655. The Hall–Kier alpha value is -2.93. The largest absolute Gasteiger partial charge is 0.378 e. The number of aryl methyl sites for hydroxylation is 2. The van der Waals surface area contributed by atoms with Crippen molar-refractivity contribution in [1.82, 2.24) is 24.2 Å². The smallest absolute Gasteiger partial charge is 0.274 e. The van der Waals surface area contributed by atoms with Gasteiger partial charge in [-0.25, -0.2) is 4.68 Å². The summed E-state index contributed by atoms with van der Waals surface area (Å²) in [7, 11) is 1.97. The lowest BCUT2D eigenvalue weighted by Gasteiger charge is -2.25. The van der Waals surface area contributed by atoms with Gasteiger partial charge in [0.2, 0.25) is 0 Å². The van der Waals surface area contributed by atoms with E-state index in [1.165, 1.54) is 0 Å². The lowest BCUT2D eigenvalue weighted by Crippen LogP contribution is -2.40. The second-order valence-corrected chi connectivity index (χ2v) is 6.45. The van der Waals surface area contributed by atoms with Crippen LogP contribution in [0.1, 0.15) is 16.2 Å². The minimum atomic E-state index is -0.0655. The summed E-state index contributed by atoms with van der Waals surface area (Å²) in [6.45, 7) is 4.27. The summed E-state index contributed by atoms with van der Waals surface area (Å²) in [5, 5.41) is 4.61. The second kappa shape index (κ2) is 6.76. The zero-order valence-electron chi connectivity index (χ0n) is 14.9. The van der Waals surface area contributed by atoms with Gasteiger partial charge in [0.1, 0.15) is 0 Å². The van der Waals surface area contributed by atoms with Gasteiger partial charge in [0.05, 0.1) is 30.8 Å². The first-order valence-corrected chi connectivity index (χ1v) is 8.64. The highest BCUT2D eigenvalue weighted by atomic mass is 16.5. The maximum absolute atomic E-state index is 12.9. The summed E-state index contributed by atoms with van der Waals surface area (Å²) in [4.78, 5) is 19.0. The van der Waals surface area contributed by atoms with Crippen molar-refractivity contribution in [2.24, 2.45) is 7.05 Å². The number of amides is 1. The van der Waals surface area contributed by atoms with Gasteiger partial charge >= 0.3 is 0 Å². The number of carbonyl (C=O) groups excluding carboxylic acids is 1. The minimum absolute atomic E-state index is 0.0655. The van der Waals surface area contributed by atoms with E-state index in [4.69, 9.17) is 4.74 Å². The monoisotopic (exact) mass is 351 g/mol. The third-order valence-corrected chi connectivity index (χ3v) is 4.49. The maximum Gasteiger partial charge on any atom is 0.274 e. The van der Waals surface area contributed by atoms with Gasteiger partial charge in [-0.2, -0.15) is 5.10 Å². The van der Waals surface area contributed by atoms with E-state index in [1.807, 2.05) is 55.2 Å². The predicted molar refractivity (Wildman–Crippen MR) is 97.2 cm³/mol. The highest BCUT2D eigenvalue weighted by Gasteiger charge is 2.23. The molecule has 0 aliphatic carbocycles. The average molecular weight is 351 g/mol. The van der Waals surface area contributed by atoms with Crippen LogP contribution in [0.5, 0.6) is 0 Å². The van der Waals surface area contributed by atoms with E-state index >= 15 is 0 Å². The SMILES string of the molecule is Cc1ccc(-n2nc(C(=O)N3CCOCC3)cc2-c2ccn(C)c2)cn1. The highest BCUT2D eigenvalue weighted by Crippen LogP contribution is 2.25. The number of ether oxygens (including phenoxy) is 1. The molecule has 0 unspecified atom stereocenters. The molecule has 134 valence electrons. The van der Waals surface area contributed by atoms with Gasteiger partial charge in [-0.3, -0.25) is 9.78 Å². The Bertz CT molecular complexity index is 920. The molecule has 0 bridgehead atoms. The molecule has 1 saturated heterocycles. The molecule has 0 saturated carbocycles. The fourth-order valence-electron chi connectivity index (χ4n) is 3.06. The number of pyridine rings is 1. The summed E-state index contributed by atoms with van der Waals surface area (Å²) in [6.07, 6.45) is 5.76. The number of aromatic nitrogens is 4. The van der Waals surface area contributed by atoms with Gasteiger partial charge in [-0.15, -0.1) is 0 Å². The zero-order valence-corrected chi connectivity index (χ0v) is 14.9. The summed E-state index contributed by atoms with van der Waals surface area (Å²) >= 11 is 0. The predicted octanol–water partition coefficient (Wildman–Crippen LogP) is 2.05. The molecule has 1 amide bonds. The van der Waals surface area contributed by atoms with E-state index in [2.05, 4.69) is 10.1 Å². The van der Waals surface area contributed by atoms with Crippen LogP contribution in [0.3, 0.4) is 0 Å². The van der Waals surface area contributed by atoms with E-state index < -0.39 is 0 Å². The van der Waals surface area contributed by atoms with Crippen molar-refractivity contribution in [1.29, 1.82) is 0 Å². The molecule has 4 rings (SSSR count). The van der Waals surface area contributed by atoms with E-state index in [0.29, 0.717) is 32.0 Å². The highest BCUT2D eigenvalue weighted by molar-refractivity contribution is 5.93. The Morgan fingerprint density at radius 2 is 2.00 bits per heavy atom. The number of hydrogen-bond acceptors (Lipinski definition) is 4. The van der Waals surface area contributed by atoms with Gasteiger partial charge in [0.15, 0.2) is 5.69 Å². The van der Waals surface area contributed by atoms with Crippen molar-refractivity contribution in [2.45, 2.75) is 6.92 Å². The van der Waals surface area contributed by atoms with Crippen molar-refractivity contribution in [3.8, 4) is 16.9 Å². The molecule has 26 heavy (non-hydrogen) atoms. The number of hydrogen-bond donors (Lipinski definition) is 0. The van der Waals surface area contributed by atoms with Crippen LogP contribution in [0.15, 0.2) is 42.9 Å². The van der Waals surface area contributed by atoms with Gasteiger partial charge in [-0.1, -0.05) is 0 Å². The van der Waals surface area contributed by atoms with Gasteiger partial charge in [0, 0.05) is 43.8 Å². The van der Waals surface area contributed by atoms with Crippen LogP contribution in [-0.4, -0.2) is 56.4 Å². The number of rotatable bonds is 3. The van der Waals surface area contributed by atoms with E-state index in [-0.39, 0.29) is 5.91 Å². The number of carbonyl (C=O) groups is 1. The third-order valence-electron chi connectivity index (χ3n) is 4.49. The van der Waals surface area contributed by atoms with Crippen LogP contribution in [-0.2, 0) is 11.8 Å². The standard InChI is InChI=1S/C19H21N5O2/c1-14-3-4-16(12-20-14)24-18(15-5-6-22(2)13-15)11-17(21-24)19(25)23-7-9-26-10-8-23/h3-6,11-13H,7-10H2,1-2H3. The summed E-state index contributed by atoms with van der Waals surface area (Å²) in [5.41, 5.74) is 4.07. The molecule has 4 heterocycles. The van der Waals surface area contributed by atoms with Gasteiger partial charge < -0.3 is 14.2 Å². The Balaban J connectivity index is 1.77. The lowest BCUT2D eigenvalue weighted by molar-refractivity contribution is 0.0298. The van der Waals surface area contributed by atoms with Crippen molar-refractivity contribution in [3.05, 3.63) is 54.2 Å².